The largest absolute Gasteiger partial charge is 0.495 e. The van der Waals surface area contributed by atoms with Gasteiger partial charge in [0.15, 0.2) is 0 Å². The summed E-state index contributed by atoms with van der Waals surface area (Å²) in [6.45, 7) is 5.81. The van der Waals surface area contributed by atoms with Gasteiger partial charge in [0, 0.05) is 0 Å². The third-order valence-corrected chi connectivity index (χ3v) is 1.37. The summed E-state index contributed by atoms with van der Waals surface area (Å²) in [5.41, 5.74) is 0.942. The molecule has 1 aromatic rings. The lowest BCUT2D eigenvalue weighted by Gasteiger charge is -2.00. The Kier molecular flexibility index (Phi) is 6.45. The zero-order valence-corrected chi connectivity index (χ0v) is 8.72. The molecule has 1 heteroatoms. The summed E-state index contributed by atoms with van der Waals surface area (Å²) in [5.74, 6) is 6.62. The van der Waals surface area contributed by atoms with E-state index in [0.29, 0.717) is 0 Å². The molecule has 1 aromatic carbocycles. The Bertz CT molecular complexity index is 291. The van der Waals surface area contributed by atoms with Gasteiger partial charge < -0.3 is 4.74 Å². The van der Waals surface area contributed by atoms with Gasteiger partial charge in [-0.15, -0.1) is 5.92 Å². The third-order valence-electron chi connectivity index (χ3n) is 1.37. The number of para-hydroxylation sites is 1. The standard InChI is InChI=1S/C10H10O.C2H6/c1-3-6-9-7-4-5-8-10(9)11-2;1-2/h4-5,7-8H,1-2H3;1-2H3. The average molecular weight is 176 g/mol. The monoisotopic (exact) mass is 176 g/mol. The van der Waals surface area contributed by atoms with Gasteiger partial charge in [-0.25, -0.2) is 0 Å². The molecule has 0 saturated carbocycles. The molecule has 0 unspecified atom stereocenters. The van der Waals surface area contributed by atoms with E-state index in [1.54, 1.807) is 7.11 Å². The minimum atomic E-state index is 0.835. The number of hydrogen-bond donors (Lipinski definition) is 0. The molecule has 70 valence electrons. The van der Waals surface area contributed by atoms with E-state index in [0.717, 1.165) is 11.3 Å². The van der Waals surface area contributed by atoms with Gasteiger partial charge in [0.1, 0.15) is 5.75 Å². The lowest BCUT2D eigenvalue weighted by atomic mass is 10.2. The topological polar surface area (TPSA) is 9.23 Å². The van der Waals surface area contributed by atoms with Crippen LogP contribution in [-0.2, 0) is 0 Å². The fourth-order valence-electron chi connectivity index (χ4n) is 0.883. The van der Waals surface area contributed by atoms with Gasteiger partial charge in [-0.1, -0.05) is 31.9 Å². The molecule has 0 amide bonds. The fourth-order valence-corrected chi connectivity index (χ4v) is 0.883. The van der Waals surface area contributed by atoms with E-state index >= 15 is 0 Å². The molecule has 0 saturated heterocycles. The van der Waals surface area contributed by atoms with Gasteiger partial charge in [0.2, 0.25) is 0 Å². The Labute approximate surface area is 80.7 Å². The Morgan fingerprint density at radius 1 is 1.15 bits per heavy atom. The summed E-state index contributed by atoms with van der Waals surface area (Å²) >= 11 is 0. The lowest BCUT2D eigenvalue weighted by molar-refractivity contribution is 0.413. The second-order valence-electron chi connectivity index (χ2n) is 2.08. The van der Waals surface area contributed by atoms with Gasteiger partial charge in [0.25, 0.3) is 0 Å². The molecule has 0 fully saturated rings. The van der Waals surface area contributed by atoms with Crippen LogP contribution >= 0.6 is 0 Å². The van der Waals surface area contributed by atoms with Crippen LogP contribution in [0.4, 0.5) is 0 Å². The van der Waals surface area contributed by atoms with Crippen LogP contribution in [0.15, 0.2) is 24.3 Å². The molecule has 0 bridgehead atoms. The van der Waals surface area contributed by atoms with E-state index in [1.165, 1.54) is 0 Å². The van der Waals surface area contributed by atoms with Gasteiger partial charge in [-0.05, 0) is 19.1 Å². The number of rotatable bonds is 1. The predicted octanol–water partition coefficient (Wildman–Crippen LogP) is 3.09. The summed E-state index contributed by atoms with van der Waals surface area (Å²) < 4.78 is 5.10. The van der Waals surface area contributed by atoms with Crippen molar-refractivity contribution in [3.05, 3.63) is 29.8 Å². The van der Waals surface area contributed by atoms with Crippen LogP contribution in [0, 0.1) is 11.8 Å². The molecule has 0 aromatic heterocycles. The Hall–Kier alpha value is -1.42. The summed E-state index contributed by atoms with van der Waals surface area (Å²) in [6, 6.07) is 7.72. The van der Waals surface area contributed by atoms with E-state index in [4.69, 9.17) is 4.74 Å². The van der Waals surface area contributed by atoms with Crippen LogP contribution in [-0.4, -0.2) is 7.11 Å². The lowest BCUT2D eigenvalue weighted by Crippen LogP contribution is -1.85. The summed E-state index contributed by atoms with van der Waals surface area (Å²) in [7, 11) is 1.65. The summed E-state index contributed by atoms with van der Waals surface area (Å²) in [5, 5.41) is 0. The van der Waals surface area contributed by atoms with Crippen LogP contribution in [0.25, 0.3) is 0 Å². The second kappa shape index (κ2) is 7.24. The highest BCUT2D eigenvalue weighted by molar-refractivity contribution is 5.45. The SMILES string of the molecule is CC.CC#Cc1ccccc1OC. The molecule has 0 heterocycles. The van der Waals surface area contributed by atoms with Gasteiger partial charge in [-0.2, -0.15) is 0 Å². The normalized spacial score (nSPS) is 7.38. The fraction of sp³-hybridized carbons (Fsp3) is 0.333. The summed E-state index contributed by atoms with van der Waals surface area (Å²) in [6.07, 6.45) is 0. The first-order valence-corrected chi connectivity index (χ1v) is 4.44. The van der Waals surface area contributed by atoms with E-state index < -0.39 is 0 Å². The second-order valence-corrected chi connectivity index (χ2v) is 2.08. The maximum absolute atomic E-state index is 5.10. The minimum absolute atomic E-state index is 0.835. The Balaban J connectivity index is 0.000000671. The minimum Gasteiger partial charge on any atom is -0.495 e. The highest BCUT2D eigenvalue weighted by atomic mass is 16.5. The first-order valence-electron chi connectivity index (χ1n) is 4.44. The van der Waals surface area contributed by atoms with Crippen molar-refractivity contribution < 1.29 is 4.74 Å². The Morgan fingerprint density at radius 3 is 2.31 bits per heavy atom. The predicted molar refractivity (Wildman–Crippen MR) is 56.9 cm³/mol. The van der Waals surface area contributed by atoms with Crippen LogP contribution in [0.2, 0.25) is 0 Å². The van der Waals surface area contributed by atoms with Crippen molar-refractivity contribution in [3.63, 3.8) is 0 Å². The maximum atomic E-state index is 5.10. The van der Waals surface area contributed by atoms with Crippen molar-refractivity contribution in [2.45, 2.75) is 20.8 Å². The summed E-state index contributed by atoms with van der Waals surface area (Å²) in [4.78, 5) is 0. The molecule has 0 spiro atoms. The Morgan fingerprint density at radius 2 is 1.77 bits per heavy atom. The molecule has 1 nitrogen and oxygen atoms in total. The number of benzene rings is 1. The van der Waals surface area contributed by atoms with E-state index in [2.05, 4.69) is 11.8 Å². The molecule has 0 aliphatic carbocycles. The van der Waals surface area contributed by atoms with Crippen molar-refractivity contribution in [2.75, 3.05) is 7.11 Å². The third kappa shape index (κ3) is 3.66. The zero-order valence-electron chi connectivity index (χ0n) is 8.72. The average Bonchev–Trinajstić information content (AvgIpc) is 2.22. The quantitative estimate of drug-likeness (QED) is 0.597. The molecule has 0 N–H and O–H groups in total. The number of ether oxygens (including phenoxy) is 1. The van der Waals surface area contributed by atoms with E-state index in [9.17, 15) is 0 Å². The van der Waals surface area contributed by atoms with Crippen LogP contribution in [0.3, 0.4) is 0 Å². The number of methoxy groups -OCH3 is 1. The highest BCUT2D eigenvalue weighted by Gasteiger charge is 1.94. The molecule has 0 atom stereocenters. The van der Waals surface area contributed by atoms with Crippen LogP contribution in [0.5, 0.6) is 5.75 Å². The van der Waals surface area contributed by atoms with Gasteiger partial charge >= 0.3 is 0 Å². The maximum Gasteiger partial charge on any atom is 0.134 e. The first-order chi connectivity index (χ1) is 6.38. The van der Waals surface area contributed by atoms with Crippen LogP contribution < -0.4 is 4.74 Å². The first kappa shape index (κ1) is 11.6. The molecule has 1 rings (SSSR count). The molecule has 0 aliphatic rings. The smallest absolute Gasteiger partial charge is 0.134 e. The molecular formula is C12H16O. The molecule has 0 radical (unpaired) electrons. The van der Waals surface area contributed by atoms with Crippen molar-refractivity contribution in [2.24, 2.45) is 0 Å². The van der Waals surface area contributed by atoms with Crippen molar-refractivity contribution in [1.82, 2.24) is 0 Å². The van der Waals surface area contributed by atoms with E-state index in [-0.39, 0.29) is 0 Å². The number of hydrogen-bond acceptors (Lipinski definition) is 1. The van der Waals surface area contributed by atoms with Crippen molar-refractivity contribution in [1.29, 1.82) is 0 Å². The van der Waals surface area contributed by atoms with Crippen molar-refractivity contribution >= 4 is 0 Å². The van der Waals surface area contributed by atoms with Gasteiger partial charge in [-0.3, -0.25) is 0 Å². The zero-order chi connectivity index (χ0) is 10.1. The molecule has 13 heavy (non-hydrogen) atoms. The van der Waals surface area contributed by atoms with Gasteiger partial charge in [0.05, 0.1) is 12.7 Å². The van der Waals surface area contributed by atoms with Crippen molar-refractivity contribution in [3.8, 4) is 17.6 Å². The molecule has 0 aliphatic heterocycles. The molecular weight excluding hydrogens is 160 g/mol. The highest BCUT2D eigenvalue weighted by Crippen LogP contribution is 2.15. The van der Waals surface area contributed by atoms with E-state index in [1.807, 2.05) is 45.0 Å². The van der Waals surface area contributed by atoms with Crippen LogP contribution in [0.1, 0.15) is 26.3 Å².